The van der Waals surface area contributed by atoms with Gasteiger partial charge in [0, 0.05) is 13.0 Å². The molecule has 0 aliphatic carbocycles. The molecule has 24 heavy (non-hydrogen) atoms. The summed E-state index contributed by atoms with van der Waals surface area (Å²) in [4.78, 5) is 26.3. The molecule has 1 fully saturated rings. The molecule has 0 saturated carbocycles. The molecule has 1 heterocycles. The Morgan fingerprint density at radius 3 is 2.67 bits per heavy atom. The summed E-state index contributed by atoms with van der Waals surface area (Å²) in [6.45, 7) is 4.16. The Kier molecular flexibility index (Phi) is 4.58. The number of nitrogens with zero attached hydrogens (tertiary/aromatic N) is 1. The molecule has 0 unspecified atom stereocenters. The van der Waals surface area contributed by atoms with Gasteiger partial charge in [0.2, 0.25) is 5.91 Å². The average molecular weight is 344 g/mol. The van der Waals surface area contributed by atoms with E-state index in [-0.39, 0.29) is 24.8 Å². The van der Waals surface area contributed by atoms with Gasteiger partial charge in [-0.2, -0.15) is 0 Å². The van der Waals surface area contributed by atoms with Crippen molar-refractivity contribution in [3.05, 3.63) is 58.6 Å². The van der Waals surface area contributed by atoms with Crippen LogP contribution in [0.1, 0.15) is 17.5 Å². The van der Waals surface area contributed by atoms with Gasteiger partial charge in [-0.05, 0) is 43.2 Å². The fraction of sp³-hybridized carbons (Fsp3) is 0.263. The highest BCUT2D eigenvalue weighted by Gasteiger charge is 2.37. The fourth-order valence-electron chi connectivity index (χ4n) is 2.80. The predicted molar refractivity (Wildman–Crippen MR) is 93.5 cm³/mol. The van der Waals surface area contributed by atoms with Gasteiger partial charge in [-0.3, -0.25) is 9.59 Å². The summed E-state index contributed by atoms with van der Waals surface area (Å²) in [5, 5.41) is 0.495. The third-order valence-corrected chi connectivity index (χ3v) is 4.69. The van der Waals surface area contributed by atoms with E-state index in [4.69, 9.17) is 16.3 Å². The number of ether oxygens (including phenoxy) is 1. The van der Waals surface area contributed by atoms with Crippen LogP contribution in [0, 0.1) is 19.8 Å². The van der Waals surface area contributed by atoms with Crippen LogP contribution in [0.25, 0.3) is 0 Å². The summed E-state index contributed by atoms with van der Waals surface area (Å²) >= 11 is 6.15. The minimum atomic E-state index is -0.492. The molecule has 4 nitrogen and oxygen atoms in total. The lowest BCUT2D eigenvalue weighted by atomic mass is 10.1. The lowest BCUT2D eigenvalue weighted by Crippen LogP contribution is -2.27. The number of benzene rings is 2. The van der Waals surface area contributed by atoms with E-state index in [1.165, 1.54) is 0 Å². The Balaban J connectivity index is 1.75. The van der Waals surface area contributed by atoms with Crippen LogP contribution in [0.2, 0.25) is 5.02 Å². The molecule has 1 atom stereocenters. The van der Waals surface area contributed by atoms with Crippen LogP contribution < -0.4 is 9.64 Å². The molecule has 0 spiro atoms. The maximum absolute atomic E-state index is 12.5. The number of carbonyl (C=O) groups excluding carboxylic acids is 2. The number of amides is 1. The van der Waals surface area contributed by atoms with Gasteiger partial charge in [-0.25, -0.2) is 0 Å². The summed E-state index contributed by atoms with van der Waals surface area (Å²) in [6, 6.07) is 12.7. The lowest BCUT2D eigenvalue weighted by Gasteiger charge is -2.18. The number of aryl methyl sites for hydroxylation is 1. The molecule has 5 heteroatoms. The first-order valence-corrected chi connectivity index (χ1v) is 8.18. The SMILES string of the molecule is Cc1cccc(OC(=O)[C@H]2CC(=O)N(c3ccccc3Cl)C2)c1C. The minimum Gasteiger partial charge on any atom is -0.426 e. The third-order valence-electron chi connectivity index (χ3n) is 4.37. The Labute approximate surface area is 146 Å². The van der Waals surface area contributed by atoms with Crippen LogP contribution in [-0.2, 0) is 9.59 Å². The van der Waals surface area contributed by atoms with Crippen molar-refractivity contribution in [1.29, 1.82) is 0 Å². The summed E-state index contributed by atoms with van der Waals surface area (Å²) < 4.78 is 5.52. The lowest BCUT2D eigenvalue weighted by molar-refractivity contribution is -0.139. The van der Waals surface area contributed by atoms with Crippen LogP contribution in [0.15, 0.2) is 42.5 Å². The fourth-order valence-corrected chi connectivity index (χ4v) is 3.03. The molecule has 0 N–H and O–H groups in total. The molecule has 0 aromatic heterocycles. The molecule has 2 aromatic rings. The first-order valence-electron chi connectivity index (χ1n) is 7.80. The van der Waals surface area contributed by atoms with Crippen molar-refractivity contribution in [2.45, 2.75) is 20.3 Å². The quantitative estimate of drug-likeness (QED) is 0.627. The Hall–Kier alpha value is -2.33. The van der Waals surface area contributed by atoms with Crippen LogP contribution in [0.5, 0.6) is 5.75 Å². The summed E-state index contributed by atoms with van der Waals surface area (Å²) in [5.74, 6) is -0.449. The number of esters is 1. The molecule has 1 aliphatic heterocycles. The number of halogens is 1. The second-order valence-corrected chi connectivity index (χ2v) is 6.38. The van der Waals surface area contributed by atoms with Gasteiger partial charge in [0.25, 0.3) is 0 Å². The van der Waals surface area contributed by atoms with E-state index in [2.05, 4.69) is 0 Å². The van der Waals surface area contributed by atoms with Gasteiger partial charge in [-0.1, -0.05) is 35.9 Å². The van der Waals surface area contributed by atoms with E-state index < -0.39 is 5.92 Å². The van der Waals surface area contributed by atoms with E-state index in [0.717, 1.165) is 11.1 Å². The molecule has 2 aromatic carbocycles. The Morgan fingerprint density at radius 1 is 1.17 bits per heavy atom. The topological polar surface area (TPSA) is 46.6 Å². The zero-order chi connectivity index (χ0) is 17.3. The number of anilines is 1. The molecule has 1 saturated heterocycles. The van der Waals surface area contributed by atoms with E-state index in [1.54, 1.807) is 29.2 Å². The van der Waals surface area contributed by atoms with Crippen LogP contribution in [0.4, 0.5) is 5.69 Å². The molecule has 1 amide bonds. The molecule has 3 rings (SSSR count). The van der Waals surface area contributed by atoms with Crippen molar-refractivity contribution >= 4 is 29.2 Å². The Bertz CT molecular complexity index is 803. The first kappa shape index (κ1) is 16.5. The van der Waals surface area contributed by atoms with Crippen LogP contribution in [0.3, 0.4) is 0 Å². The molecule has 1 aliphatic rings. The zero-order valence-corrected chi connectivity index (χ0v) is 14.3. The number of rotatable bonds is 3. The van der Waals surface area contributed by atoms with Crippen molar-refractivity contribution in [3.8, 4) is 5.75 Å². The predicted octanol–water partition coefficient (Wildman–Crippen LogP) is 3.92. The highest BCUT2D eigenvalue weighted by atomic mass is 35.5. The van der Waals surface area contributed by atoms with Gasteiger partial charge in [0.15, 0.2) is 0 Å². The largest absolute Gasteiger partial charge is 0.426 e. The van der Waals surface area contributed by atoms with Crippen LogP contribution >= 0.6 is 11.6 Å². The summed E-state index contributed by atoms with van der Waals surface area (Å²) in [6.07, 6.45) is 0.134. The first-order chi connectivity index (χ1) is 11.5. The van der Waals surface area contributed by atoms with Gasteiger partial charge >= 0.3 is 5.97 Å². The van der Waals surface area contributed by atoms with E-state index in [1.807, 2.05) is 32.0 Å². The average Bonchev–Trinajstić information content (AvgIpc) is 2.94. The zero-order valence-electron chi connectivity index (χ0n) is 13.6. The number of para-hydroxylation sites is 1. The molecular weight excluding hydrogens is 326 g/mol. The highest BCUT2D eigenvalue weighted by Crippen LogP contribution is 2.32. The third kappa shape index (κ3) is 3.15. The number of carbonyl (C=O) groups is 2. The van der Waals surface area contributed by atoms with E-state index >= 15 is 0 Å². The van der Waals surface area contributed by atoms with Crippen molar-refractivity contribution in [1.82, 2.24) is 0 Å². The van der Waals surface area contributed by atoms with E-state index in [9.17, 15) is 9.59 Å². The normalized spacial score (nSPS) is 17.2. The molecular formula is C19H18ClNO3. The summed E-state index contributed by atoms with van der Waals surface area (Å²) in [5.41, 5.74) is 2.62. The monoisotopic (exact) mass is 343 g/mol. The van der Waals surface area contributed by atoms with Gasteiger partial charge in [0.05, 0.1) is 16.6 Å². The molecule has 124 valence electrons. The standard InChI is InChI=1S/C19H18ClNO3/c1-12-6-5-9-17(13(12)2)24-19(23)14-10-18(22)21(11-14)16-8-4-3-7-15(16)20/h3-9,14H,10-11H2,1-2H3/t14-/m0/s1. The maximum Gasteiger partial charge on any atom is 0.316 e. The van der Waals surface area contributed by atoms with Crippen molar-refractivity contribution in [2.24, 2.45) is 5.92 Å². The van der Waals surface area contributed by atoms with Crippen molar-refractivity contribution in [2.75, 3.05) is 11.4 Å². The second kappa shape index (κ2) is 6.65. The molecule has 0 bridgehead atoms. The highest BCUT2D eigenvalue weighted by molar-refractivity contribution is 6.33. The van der Waals surface area contributed by atoms with Gasteiger partial charge in [0.1, 0.15) is 5.75 Å². The van der Waals surface area contributed by atoms with Crippen molar-refractivity contribution in [3.63, 3.8) is 0 Å². The second-order valence-electron chi connectivity index (χ2n) is 5.98. The summed E-state index contributed by atoms with van der Waals surface area (Å²) in [7, 11) is 0. The number of hydrogen-bond acceptors (Lipinski definition) is 3. The number of hydrogen-bond donors (Lipinski definition) is 0. The van der Waals surface area contributed by atoms with Crippen molar-refractivity contribution < 1.29 is 14.3 Å². The smallest absolute Gasteiger partial charge is 0.316 e. The Morgan fingerprint density at radius 2 is 1.92 bits per heavy atom. The maximum atomic E-state index is 12.5. The van der Waals surface area contributed by atoms with Crippen LogP contribution in [-0.4, -0.2) is 18.4 Å². The van der Waals surface area contributed by atoms with E-state index in [0.29, 0.717) is 16.5 Å². The minimum absolute atomic E-state index is 0.119. The van der Waals surface area contributed by atoms with Gasteiger partial charge < -0.3 is 9.64 Å². The van der Waals surface area contributed by atoms with Gasteiger partial charge in [-0.15, -0.1) is 0 Å². The molecule has 0 radical (unpaired) electrons.